The van der Waals surface area contributed by atoms with Crippen molar-refractivity contribution in [2.24, 2.45) is 0 Å². The molecule has 0 saturated heterocycles. The number of nitrogens with zero attached hydrogens (tertiary/aromatic N) is 1. The fraction of sp³-hybridized carbons (Fsp3) is 0. The summed E-state index contributed by atoms with van der Waals surface area (Å²) in [6.45, 7) is 0. The van der Waals surface area contributed by atoms with Crippen LogP contribution >= 0.6 is 0 Å². The lowest BCUT2D eigenvalue weighted by molar-refractivity contribution is -0.384. The van der Waals surface area contributed by atoms with Crippen molar-refractivity contribution < 1.29 is 27.8 Å². The van der Waals surface area contributed by atoms with E-state index in [4.69, 9.17) is 0 Å². The Kier molecular flexibility index (Phi) is 4.52. The fourth-order valence-corrected chi connectivity index (χ4v) is 3.28. The van der Waals surface area contributed by atoms with Crippen LogP contribution in [-0.2, 0) is 10.1 Å². The van der Waals surface area contributed by atoms with E-state index in [9.17, 15) is 33.0 Å². The number of carbonyl (C=O) groups excluding carboxylic acids is 1. The first kappa shape index (κ1) is 18.3. The van der Waals surface area contributed by atoms with E-state index >= 15 is 0 Å². The van der Waals surface area contributed by atoms with E-state index in [0.29, 0.717) is 5.39 Å². The van der Waals surface area contributed by atoms with Crippen molar-refractivity contribution in [3.63, 3.8) is 0 Å². The van der Waals surface area contributed by atoms with Gasteiger partial charge in [0.1, 0.15) is 10.6 Å². The van der Waals surface area contributed by atoms with Crippen LogP contribution in [0.1, 0.15) is 10.4 Å². The zero-order valence-corrected chi connectivity index (χ0v) is 14.3. The minimum atomic E-state index is -4.73. The van der Waals surface area contributed by atoms with Crippen molar-refractivity contribution in [3.8, 4) is 5.75 Å². The molecule has 10 heteroatoms. The number of phenols is 1. The first-order valence-corrected chi connectivity index (χ1v) is 8.90. The second kappa shape index (κ2) is 6.67. The third-order valence-corrected chi connectivity index (χ3v) is 4.72. The maximum absolute atomic E-state index is 12.5. The van der Waals surface area contributed by atoms with Gasteiger partial charge in [0.2, 0.25) is 0 Å². The first-order valence-electron chi connectivity index (χ1n) is 7.46. The summed E-state index contributed by atoms with van der Waals surface area (Å²) >= 11 is 0. The molecule has 9 nitrogen and oxygen atoms in total. The summed E-state index contributed by atoms with van der Waals surface area (Å²) in [6, 6.07) is 11.7. The van der Waals surface area contributed by atoms with Crippen LogP contribution in [0, 0.1) is 10.1 Å². The van der Waals surface area contributed by atoms with Crippen LogP contribution in [-0.4, -0.2) is 28.9 Å². The van der Waals surface area contributed by atoms with Gasteiger partial charge in [0.05, 0.1) is 10.6 Å². The average Bonchev–Trinajstić information content (AvgIpc) is 2.61. The number of phenolic OH excluding ortho intramolecular Hbond substituents is 1. The molecule has 0 unspecified atom stereocenters. The van der Waals surface area contributed by atoms with Crippen LogP contribution in [0.15, 0.2) is 59.5 Å². The van der Waals surface area contributed by atoms with Gasteiger partial charge in [-0.2, -0.15) is 8.42 Å². The Morgan fingerprint density at radius 2 is 1.78 bits per heavy atom. The molecular weight excluding hydrogens is 376 g/mol. The Hall–Kier alpha value is -3.50. The fourth-order valence-electron chi connectivity index (χ4n) is 2.63. The number of rotatable bonds is 4. The van der Waals surface area contributed by atoms with Gasteiger partial charge in [0, 0.05) is 23.1 Å². The van der Waals surface area contributed by atoms with Crippen LogP contribution in [0.3, 0.4) is 0 Å². The maximum atomic E-state index is 12.5. The minimum Gasteiger partial charge on any atom is -0.507 e. The van der Waals surface area contributed by atoms with E-state index in [2.05, 4.69) is 5.32 Å². The largest absolute Gasteiger partial charge is 0.507 e. The molecule has 0 aliphatic carbocycles. The molecule has 0 heterocycles. The number of hydrogen-bond acceptors (Lipinski definition) is 6. The molecule has 0 atom stereocenters. The van der Waals surface area contributed by atoms with Crippen LogP contribution in [0.25, 0.3) is 10.8 Å². The molecule has 0 radical (unpaired) electrons. The van der Waals surface area contributed by atoms with Crippen molar-refractivity contribution >= 4 is 38.2 Å². The molecule has 0 aliphatic heterocycles. The first-order chi connectivity index (χ1) is 12.7. The molecule has 1 amide bonds. The molecule has 3 aromatic rings. The van der Waals surface area contributed by atoms with Crippen molar-refractivity contribution in [1.82, 2.24) is 0 Å². The number of nitrogens with one attached hydrogen (secondary N) is 1. The lowest BCUT2D eigenvalue weighted by Crippen LogP contribution is -2.15. The van der Waals surface area contributed by atoms with Crippen LogP contribution in [0.5, 0.6) is 5.75 Å². The Morgan fingerprint density at radius 1 is 1.07 bits per heavy atom. The number of non-ortho nitro benzene ring substituents is 1. The number of nitro groups is 1. The predicted octanol–water partition coefficient (Wildman–Crippen LogP) is 2.95. The Balaban J connectivity index is 2.17. The minimum absolute atomic E-state index is 0.00593. The topological polar surface area (TPSA) is 147 Å². The monoisotopic (exact) mass is 388 g/mol. The lowest BCUT2D eigenvalue weighted by Gasteiger charge is -2.13. The van der Waals surface area contributed by atoms with Gasteiger partial charge < -0.3 is 10.4 Å². The highest BCUT2D eigenvalue weighted by molar-refractivity contribution is 7.86. The third-order valence-electron chi connectivity index (χ3n) is 3.82. The molecule has 0 spiro atoms. The maximum Gasteiger partial charge on any atom is 0.296 e. The van der Waals surface area contributed by atoms with Crippen LogP contribution < -0.4 is 5.32 Å². The smallest absolute Gasteiger partial charge is 0.296 e. The van der Waals surface area contributed by atoms with E-state index in [1.807, 2.05) is 0 Å². The number of amides is 1. The van der Waals surface area contributed by atoms with Gasteiger partial charge in [0.15, 0.2) is 0 Å². The molecular formula is C17H12N2O7S. The van der Waals surface area contributed by atoms with E-state index in [1.165, 1.54) is 36.4 Å². The molecule has 0 aromatic heterocycles. The van der Waals surface area contributed by atoms with Crippen LogP contribution in [0.2, 0.25) is 0 Å². The SMILES string of the molecule is O=C(Nc1c(S(=O)(=O)O)ccc2cccc(O)c12)c1cccc([N+](=O)[O-])c1. The lowest BCUT2D eigenvalue weighted by atomic mass is 10.1. The van der Waals surface area contributed by atoms with Gasteiger partial charge >= 0.3 is 0 Å². The van der Waals surface area contributed by atoms with E-state index in [1.54, 1.807) is 6.07 Å². The van der Waals surface area contributed by atoms with Gasteiger partial charge in [0.25, 0.3) is 21.7 Å². The summed E-state index contributed by atoms with van der Waals surface area (Å²) in [5.41, 5.74) is -0.749. The predicted molar refractivity (Wildman–Crippen MR) is 96.5 cm³/mol. The molecule has 138 valence electrons. The highest BCUT2D eigenvalue weighted by Gasteiger charge is 2.22. The molecule has 3 aromatic carbocycles. The van der Waals surface area contributed by atoms with Gasteiger partial charge in [-0.05, 0) is 23.6 Å². The second-order valence-corrected chi connectivity index (χ2v) is 6.94. The van der Waals surface area contributed by atoms with E-state index < -0.39 is 25.8 Å². The number of benzene rings is 3. The van der Waals surface area contributed by atoms with Crippen molar-refractivity contribution in [3.05, 3.63) is 70.3 Å². The Morgan fingerprint density at radius 3 is 2.44 bits per heavy atom. The third kappa shape index (κ3) is 3.57. The number of nitro benzene ring substituents is 1. The summed E-state index contributed by atoms with van der Waals surface area (Å²) < 4.78 is 32.9. The number of anilines is 1. The summed E-state index contributed by atoms with van der Waals surface area (Å²) in [5, 5.41) is 23.7. The number of aromatic hydroxyl groups is 1. The van der Waals surface area contributed by atoms with Gasteiger partial charge in [-0.1, -0.05) is 24.3 Å². The number of carbonyl (C=O) groups is 1. The van der Waals surface area contributed by atoms with E-state index in [0.717, 1.165) is 12.1 Å². The van der Waals surface area contributed by atoms with Gasteiger partial charge in [-0.25, -0.2) is 0 Å². The Labute approximate surface area is 152 Å². The van der Waals surface area contributed by atoms with Gasteiger partial charge in [-0.15, -0.1) is 0 Å². The molecule has 0 saturated carbocycles. The van der Waals surface area contributed by atoms with Crippen molar-refractivity contribution in [2.75, 3.05) is 5.32 Å². The molecule has 3 rings (SSSR count). The zero-order chi connectivity index (χ0) is 19.8. The van der Waals surface area contributed by atoms with Gasteiger partial charge in [-0.3, -0.25) is 19.5 Å². The number of hydrogen-bond donors (Lipinski definition) is 3. The molecule has 0 bridgehead atoms. The number of fused-ring (bicyclic) bond motifs is 1. The summed E-state index contributed by atoms with van der Waals surface area (Å²) in [6.07, 6.45) is 0. The quantitative estimate of drug-likeness (QED) is 0.354. The zero-order valence-electron chi connectivity index (χ0n) is 13.5. The second-order valence-electron chi connectivity index (χ2n) is 5.55. The summed E-state index contributed by atoms with van der Waals surface area (Å²) in [5.74, 6) is -1.16. The summed E-state index contributed by atoms with van der Waals surface area (Å²) in [7, 11) is -4.73. The highest BCUT2D eigenvalue weighted by Crippen LogP contribution is 2.36. The standard InChI is InChI=1S/C17H12N2O7S/c20-13-6-2-3-10-7-8-14(27(24,25)26)16(15(10)13)18-17(21)11-4-1-5-12(9-11)19(22)23/h1-9,20H,(H,18,21)(H,24,25,26). The molecule has 3 N–H and O–H groups in total. The summed E-state index contributed by atoms with van der Waals surface area (Å²) in [4.78, 5) is 22.1. The van der Waals surface area contributed by atoms with Crippen molar-refractivity contribution in [1.29, 1.82) is 0 Å². The highest BCUT2D eigenvalue weighted by atomic mass is 32.2. The molecule has 27 heavy (non-hydrogen) atoms. The average molecular weight is 388 g/mol. The molecule has 0 aliphatic rings. The van der Waals surface area contributed by atoms with E-state index in [-0.39, 0.29) is 28.1 Å². The van der Waals surface area contributed by atoms with Crippen molar-refractivity contribution in [2.45, 2.75) is 4.90 Å². The molecule has 0 fully saturated rings. The normalized spacial score (nSPS) is 11.3. The Bertz CT molecular complexity index is 1190. The van der Waals surface area contributed by atoms with Crippen LogP contribution in [0.4, 0.5) is 11.4 Å².